The van der Waals surface area contributed by atoms with Gasteiger partial charge < -0.3 is 9.64 Å². The summed E-state index contributed by atoms with van der Waals surface area (Å²) in [6.45, 7) is 3.23. The largest absolute Gasteiger partial charge is 0.378 e. The Balaban J connectivity index is 1.99. The van der Waals surface area contributed by atoms with Gasteiger partial charge in [-0.1, -0.05) is 6.07 Å². The quantitative estimate of drug-likeness (QED) is 0.796. The first-order valence-electron chi connectivity index (χ1n) is 5.99. The van der Waals surface area contributed by atoms with Crippen LogP contribution in [0.25, 0.3) is 11.4 Å². The van der Waals surface area contributed by atoms with Gasteiger partial charge in [0.1, 0.15) is 12.0 Å². The third-order valence-electron chi connectivity index (χ3n) is 2.95. The molecule has 0 saturated carbocycles. The van der Waals surface area contributed by atoms with E-state index in [0.717, 1.165) is 43.4 Å². The van der Waals surface area contributed by atoms with E-state index < -0.39 is 0 Å². The molecule has 3 heterocycles. The van der Waals surface area contributed by atoms with Gasteiger partial charge in [0.25, 0.3) is 0 Å². The molecule has 0 aliphatic carbocycles. The molecular weight excluding hydrogens is 228 g/mol. The predicted molar refractivity (Wildman–Crippen MR) is 68.3 cm³/mol. The van der Waals surface area contributed by atoms with Crippen molar-refractivity contribution in [3.63, 3.8) is 0 Å². The average Bonchev–Trinajstić information content (AvgIpc) is 2.49. The van der Waals surface area contributed by atoms with Gasteiger partial charge in [0, 0.05) is 19.3 Å². The molecule has 5 heteroatoms. The molecule has 0 spiro atoms. The number of pyridine rings is 1. The van der Waals surface area contributed by atoms with Crippen molar-refractivity contribution in [3.8, 4) is 11.4 Å². The van der Waals surface area contributed by atoms with E-state index in [9.17, 15) is 0 Å². The first kappa shape index (κ1) is 11.1. The average molecular weight is 242 g/mol. The lowest BCUT2D eigenvalue weighted by Gasteiger charge is -2.29. The molecule has 1 saturated heterocycles. The monoisotopic (exact) mass is 242 g/mol. The van der Waals surface area contributed by atoms with Crippen LogP contribution in [0, 0.1) is 0 Å². The van der Waals surface area contributed by atoms with Crippen molar-refractivity contribution >= 4 is 5.69 Å². The predicted octanol–water partition coefficient (Wildman–Crippen LogP) is 1.38. The van der Waals surface area contributed by atoms with Gasteiger partial charge in [-0.3, -0.25) is 4.98 Å². The van der Waals surface area contributed by atoms with Crippen LogP contribution in [0.1, 0.15) is 0 Å². The second-order valence-electron chi connectivity index (χ2n) is 4.07. The van der Waals surface area contributed by atoms with E-state index in [-0.39, 0.29) is 0 Å². The Morgan fingerprint density at radius 2 is 2.00 bits per heavy atom. The fourth-order valence-electron chi connectivity index (χ4n) is 2.06. The van der Waals surface area contributed by atoms with E-state index in [1.165, 1.54) is 0 Å². The topological polar surface area (TPSA) is 51.1 Å². The SMILES string of the molecule is c1ccc(-c2ncncc2N2CCOCC2)nc1. The Hall–Kier alpha value is -2.01. The van der Waals surface area contributed by atoms with Gasteiger partial charge in [-0.05, 0) is 12.1 Å². The molecule has 0 radical (unpaired) electrons. The molecule has 2 aromatic rings. The summed E-state index contributed by atoms with van der Waals surface area (Å²) in [4.78, 5) is 15.1. The van der Waals surface area contributed by atoms with Crippen LogP contribution in [0.5, 0.6) is 0 Å². The van der Waals surface area contributed by atoms with Crippen molar-refractivity contribution in [1.82, 2.24) is 15.0 Å². The summed E-state index contributed by atoms with van der Waals surface area (Å²) in [5, 5.41) is 0. The summed E-state index contributed by atoms with van der Waals surface area (Å²) in [6, 6.07) is 5.83. The summed E-state index contributed by atoms with van der Waals surface area (Å²) in [5.41, 5.74) is 2.79. The standard InChI is InChI=1S/C13H14N4O/c1-2-4-15-11(3-1)13-12(9-14-10-16-13)17-5-7-18-8-6-17/h1-4,9-10H,5-8H2. The maximum absolute atomic E-state index is 5.37. The van der Waals surface area contributed by atoms with Gasteiger partial charge >= 0.3 is 0 Å². The van der Waals surface area contributed by atoms with E-state index in [1.54, 1.807) is 12.5 Å². The first-order valence-corrected chi connectivity index (χ1v) is 5.99. The van der Waals surface area contributed by atoms with Gasteiger partial charge in [0.05, 0.1) is 30.8 Å². The van der Waals surface area contributed by atoms with Crippen LogP contribution >= 0.6 is 0 Å². The molecule has 1 aliphatic rings. The summed E-state index contributed by atoms with van der Waals surface area (Å²) in [6.07, 6.45) is 5.19. The number of anilines is 1. The number of rotatable bonds is 2. The Kier molecular flexibility index (Phi) is 3.14. The Labute approximate surface area is 105 Å². The molecule has 3 rings (SSSR count). The van der Waals surface area contributed by atoms with E-state index in [4.69, 9.17) is 4.74 Å². The van der Waals surface area contributed by atoms with Crippen molar-refractivity contribution in [1.29, 1.82) is 0 Å². The molecule has 5 nitrogen and oxygen atoms in total. The van der Waals surface area contributed by atoms with E-state index >= 15 is 0 Å². The molecule has 0 N–H and O–H groups in total. The molecule has 2 aromatic heterocycles. The minimum atomic E-state index is 0.747. The lowest BCUT2D eigenvalue weighted by atomic mass is 10.2. The van der Waals surface area contributed by atoms with Gasteiger partial charge in [0.15, 0.2) is 0 Å². The highest BCUT2D eigenvalue weighted by Gasteiger charge is 2.17. The van der Waals surface area contributed by atoms with Crippen LogP contribution in [0.2, 0.25) is 0 Å². The zero-order valence-electron chi connectivity index (χ0n) is 9.99. The van der Waals surface area contributed by atoms with Crippen LogP contribution in [0.15, 0.2) is 36.9 Å². The highest BCUT2D eigenvalue weighted by Crippen LogP contribution is 2.26. The van der Waals surface area contributed by atoms with E-state index in [0.29, 0.717) is 0 Å². The summed E-state index contributed by atoms with van der Waals surface area (Å²) in [7, 11) is 0. The van der Waals surface area contributed by atoms with Gasteiger partial charge in [-0.15, -0.1) is 0 Å². The summed E-state index contributed by atoms with van der Waals surface area (Å²) < 4.78 is 5.37. The molecule has 1 fully saturated rings. The van der Waals surface area contributed by atoms with Crippen molar-refractivity contribution in [3.05, 3.63) is 36.9 Å². The van der Waals surface area contributed by atoms with Crippen LogP contribution < -0.4 is 4.90 Å². The highest BCUT2D eigenvalue weighted by molar-refractivity contribution is 5.71. The molecule has 1 aliphatic heterocycles. The van der Waals surface area contributed by atoms with Crippen LogP contribution in [0.4, 0.5) is 5.69 Å². The number of ether oxygens (including phenoxy) is 1. The van der Waals surface area contributed by atoms with Crippen LogP contribution in [0.3, 0.4) is 0 Å². The second kappa shape index (κ2) is 5.10. The molecule has 0 aromatic carbocycles. The van der Waals surface area contributed by atoms with Gasteiger partial charge in [0.2, 0.25) is 0 Å². The fraction of sp³-hybridized carbons (Fsp3) is 0.308. The third-order valence-corrected chi connectivity index (χ3v) is 2.95. The van der Waals surface area contributed by atoms with Crippen molar-refractivity contribution in [2.75, 3.05) is 31.2 Å². The number of hydrogen-bond acceptors (Lipinski definition) is 5. The molecule has 0 amide bonds. The summed E-state index contributed by atoms with van der Waals surface area (Å²) in [5.74, 6) is 0. The molecule has 0 unspecified atom stereocenters. The van der Waals surface area contributed by atoms with Crippen molar-refractivity contribution < 1.29 is 4.74 Å². The molecular formula is C13H14N4O. The second-order valence-corrected chi connectivity index (χ2v) is 4.07. The highest BCUT2D eigenvalue weighted by atomic mass is 16.5. The minimum Gasteiger partial charge on any atom is -0.378 e. The zero-order chi connectivity index (χ0) is 12.2. The Bertz CT molecular complexity index is 511. The Morgan fingerprint density at radius 1 is 1.11 bits per heavy atom. The zero-order valence-corrected chi connectivity index (χ0v) is 9.99. The first-order chi connectivity index (χ1) is 8.95. The van der Waals surface area contributed by atoms with Crippen LogP contribution in [-0.2, 0) is 4.74 Å². The van der Waals surface area contributed by atoms with E-state index in [2.05, 4.69) is 19.9 Å². The molecule has 18 heavy (non-hydrogen) atoms. The number of hydrogen-bond donors (Lipinski definition) is 0. The smallest absolute Gasteiger partial charge is 0.116 e. The van der Waals surface area contributed by atoms with Crippen molar-refractivity contribution in [2.24, 2.45) is 0 Å². The van der Waals surface area contributed by atoms with Gasteiger partial charge in [-0.2, -0.15) is 0 Å². The maximum Gasteiger partial charge on any atom is 0.116 e. The third kappa shape index (κ3) is 2.17. The number of morpholine rings is 1. The fourth-order valence-corrected chi connectivity index (χ4v) is 2.06. The minimum absolute atomic E-state index is 0.747. The number of nitrogens with zero attached hydrogens (tertiary/aromatic N) is 4. The number of aromatic nitrogens is 3. The molecule has 0 atom stereocenters. The molecule has 92 valence electrons. The maximum atomic E-state index is 5.37. The summed E-state index contributed by atoms with van der Waals surface area (Å²) >= 11 is 0. The Morgan fingerprint density at radius 3 is 2.78 bits per heavy atom. The normalized spacial score (nSPS) is 15.7. The van der Waals surface area contributed by atoms with Gasteiger partial charge in [-0.25, -0.2) is 9.97 Å². The lowest BCUT2D eigenvalue weighted by Crippen LogP contribution is -2.36. The van der Waals surface area contributed by atoms with Crippen LogP contribution in [-0.4, -0.2) is 41.3 Å². The van der Waals surface area contributed by atoms with E-state index in [1.807, 2.05) is 24.4 Å². The van der Waals surface area contributed by atoms with Crippen molar-refractivity contribution in [2.45, 2.75) is 0 Å². The molecule has 0 bridgehead atoms. The lowest BCUT2D eigenvalue weighted by molar-refractivity contribution is 0.122.